The summed E-state index contributed by atoms with van der Waals surface area (Å²) in [5, 5.41) is 9.92. The number of esters is 2. The van der Waals surface area contributed by atoms with Gasteiger partial charge in [0.15, 0.2) is 0 Å². The van der Waals surface area contributed by atoms with Gasteiger partial charge in [0.2, 0.25) is 0 Å². The van der Waals surface area contributed by atoms with Crippen LogP contribution >= 0.6 is 12.4 Å². The van der Waals surface area contributed by atoms with Gasteiger partial charge in [-0.3, -0.25) is 9.69 Å². The van der Waals surface area contributed by atoms with Crippen LogP contribution in [0.2, 0.25) is 0 Å². The summed E-state index contributed by atoms with van der Waals surface area (Å²) in [5.41, 5.74) is 2.44. The molecule has 0 fully saturated rings. The second-order valence-corrected chi connectivity index (χ2v) is 11.8. The van der Waals surface area contributed by atoms with Crippen LogP contribution in [-0.4, -0.2) is 40.6 Å². The summed E-state index contributed by atoms with van der Waals surface area (Å²) in [6.07, 6.45) is 0.813. The van der Waals surface area contributed by atoms with E-state index in [4.69, 9.17) is 9.47 Å². The molecule has 3 aromatic carbocycles. The molecule has 6 nitrogen and oxygen atoms in total. The van der Waals surface area contributed by atoms with Crippen LogP contribution in [-0.2, 0) is 11.4 Å². The first-order valence-corrected chi connectivity index (χ1v) is 14.0. The fraction of sp³-hybridized carbons (Fsp3) is 0.412. The minimum absolute atomic E-state index is 0. The van der Waals surface area contributed by atoms with E-state index >= 15 is 0 Å². The largest absolute Gasteiger partial charge is 0.426 e. The Hall–Kier alpha value is -3.19. The molecule has 0 saturated carbocycles. The highest BCUT2D eigenvalue weighted by Gasteiger charge is 2.25. The Bertz CT molecular complexity index is 1260. The molecule has 0 heterocycles. The third-order valence-electron chi connectivity index (χ3n) is 6.95. The lowest BCUT2D eigenvalue weighted by molar-refractivity contribution is -0.143. The smallest absolute Gasteiger partial charge is 0.343 e. The van der Waals surface area contributed by atoms with Gasteiger partial charge in [0.1, 0.15) is 11.5 Å². The predicted octanol–water partition coefficient (Wildman–Crippen LogP) is 7.41. The van der Waals surface area contributed by atoms with Crippen molar-refractivity contribution in [3.05, 3.63) is 95.1 Å². The molecule has 0 bridgehead atoms. The molecule has 1 N–H and O–H groups in total. The summed E-state index contributed by atoms with van der Waals surface area (Å²) in [5.74, 6) is -0.0792. The quantitative estimate of drug-likeness (QED) is 0.188. The zero-order valence-electron chi connectivity index (χ0n) is 25.2. The minimum Gasteiger partial charge on any atom is -0.426 e. The van der Waals surface area contributed by atoms with Crippen molar-refractivity contribution in [2.45, 2.75) is 79.5 Å². The van der Waals surface area contributed by atoms with Gasteiger partial charge in [-0.15, -0.1) is 12.4 Å². The zero-order valence-corrected chi connectivity index (χ0v) is 26.0. The van der Waals surface area contributed by atoms with Crippen LogP contribution in [0.1, 0.15) is 87.9 Å². The third kappa shape index (κ3) is 9.42. The summed E-state index contributed by atoms with van der Waals surface area (Å²) < 4.78 is 11.4. The SMILES string of the molecule is CC(C)N(CC[C@H](c1ccccc1)c1cc(CO)ccc1OC(=O)c1ccc(OC(=O)C(C)(C)C)cc1)C(C)C.Cl. The summed E-state index contributed by atoms with van der Waals surface area (Å²) >= 11 is 0. The topological polar surface area (TPSA) is 76.1 Å². The van der Waals surface area contributed by atoms with Crippen LogP contribution in [0.4, 0.5) is 0 Å². The van der Waals surface area contributed by atoms with Gasteiger partial charge in [0.05, 0.1) is 17.6 Å². The summed E-state index contributed by atoms with van der Waals surface area (Å²) in [7, 11) is 0. The second kappa shape index (κ2) is 15.2. The molecule has 3 aromatic rings. The molecule has 0 aliphatic rings. The van der Waals surface area contributed by atoms with Crippen LogP contribution in [0.3, 0.4) is 0 Å². The number of hydrogen-bond donors (Lipinski definition) is 1. The van der Waals surface area contributed by atoms with Gasteiger partial charge >= 0.3 is 11.9 Å². The number of hydrogen-bond acceptors (Lipinski definition) is 6. The molecule has 0 aliphatic carbocycles. The molecule has 0 amide bonds. The van der Waals surface area contributed by atoms with Crippen molar-refractivity contribution < 1.29 is 24.2 Å². The molecule has 222 valence electrons. The molecule has 7 heteroatoms. The van der Waals surface area contributed by atoms with Crippen molar-refractivity contribution in [2.75, 3.05) is 6.54 Å². The number of ether oxygens (including phenoxy) is 2. The van der Waals surface area contributed by atoms with Gasteiger partial charge in [-0.05, 0) is 109 Å². The maximum Gasteiger partial charge on any atom is 0.343 e. The van der Waals surface area contributed by atoms with Crippen molar-refractivity contribution in [3.8, 4) is 11.5 Å². The van der Waals surface area contributed by atoms with E-state index in [0.29, 0.717) is 29.1 Å². The molecular formula is C34H44ClNO5. The number of aliphatic hydroxyl groups is 1. The van der Waals surface area contributed by atoms with Gasteiger partial charge in [0.25, 0.3) is 0 Å². The Balaban J connectivity index is 0.00000588. The number of carbonyl (C=O) groups is 2. The Morgan fingerprint density at radius 1 is 0.854 bits per heavy atom. The number of nitrogens with zero attached hydrogens (tertiary/aromatic N) is 1. The Morgan fingerprint density at radius 2 is 1.46 bits per heavy atom. The van der Waals surface area contributed by atoms with Gasteiger partial charge < -0.3 is 14.6 Å². The highest BCUT2D eigenvalue weighted by molar-refractivity contribution is 5.91. The number of aliphatic hydroxyl groups excluding tert-OH is 1. The van der Waals surface area contributed by atoms with Gasteiger partial charge in [-0.2, -0.15) is 0 Å². The Labute approximate surface area is 251 Å². The lowest BCUT2D eigenvalue weighted by atomic mass is 9.86. The fourth-order valence-electron chi connectivity index (χ4n) is 4.72. The van der Waals surface area contributed by atoms with E-state index in [2.05, 4.69) is 44.7 Å². The van der Waals surface area contributed by atoms with Gasteiger partial charge in [0, 0.05) is 23.6 Å². The lowest BCUT2D eigenvalue weighted by Gasteiger charge is -2.32. The molecule has 0 aliphatic heterocycles. The average Bonchev–Trinajstić information content (AvgIpc) is 2.91. The predicted molar refractivity (Wildman–Crippen MR) is 166 cm³/mol. The van der Waals surface area contributed by atoms with E-state index in [1.54, 1.807) is 57.2 Å². The van der Waals surface area contributed by atoms with Crippen LogP contribution in [0.15, 0.2) is 72.8 Å². The maximum atomic E-state index is 13.2. The van der Waals surface area contributed by atoms with Gasteiger partial charge in [-0.1, -0.05) is 36.4 Å². The van der Waals surface area contributed by atoms with Gasteiger partial charge in [-0.25, -0.2) is 4.79 Å². The normalized spacial score (nSPS) is 12.3. The third-order valence-corrected chi connectivity index (χ3v) is 6.95. The molecule has 0 spiro atoms. The van der Waals surface area contributed by atoms with E-state index < -0.39 is 11.4 Å². The van der Waals surface area contributed by atoms with Crippen LogP contribution in [0.5, 0.6) is 11.5 Å². The summed E-state index contributed by atoms with van der Waals surface area (Å²) in [4.78, 5) is 27.9. The molecular weight excluding hydrogens is 538 g/mol. The van der Waals surface area contributed by atoms with E-state index in [1.807, 2.05) is 24.3 Å². The fourth-order valence-corrected chi connectivity index (χ4v) is 4.72. The van der Waals surface area contributed by atoms with E-state index in [9.17, 15) is 14.7 Å². The zero-order chi connectivity index (χ0) is 29.4. The van der Waals surface area contributed by atoms with Crippen molar-refractivity contribution in [1.29, 1.82) is 0 Å². The molecule has 0 saturated heterocycles. The molecule has 41 heavy (non-hydrogen) atoms. The molecule has 3 rings (SSSR count). The highest BCUT2D eigenvalue weighted by Crippen LogP contribution is 2.36. The van der Waals surface area contributed by atoms with Crippen molar-refractivity contribution in [2.24, 2.45) is 5.41 Å². The average molecular weight is 582 g/mol. The van der Waals surface area contributed by atoms with E-state index in [1.165, 1.54) is 0 Å². The minimum atomic E-state index is -0.634. The standard InChI is InChI=1S/C34H43NO5.ClH/c1-23(2)35(24(3)4)20-19-29(26-11-9-8-10-12-26)30-21-25(22-36)13-18-31(30)40-32(37)27-14-16-28(17-15-27)39-33(38)34(5,6)7;/h8-18,21,23-24,29,36H,19-20,22H2,1-7H3;1H/t29-;/m1./s1. The maximum absolute atomic E-state index is 13.2. The first-order valence-electron chi connectivity index (χ1n) is 14.0. The molecule has 1 atom stereocenters. The van der Waals surface area contributed by atoms with Crippen molar-refractivity contribution in [1.82, 2.24) is 4.90 Å². The Morgan fingerprint density at radius 3 is 2.00 bits per heavy atom. The number of rotatable bonds is 11. The monoisotopic (exact) mass is 581 g/mol. The highest BCUT2D eigenvalue weighted by atomic mass is 35.5. The number of carbonyl (C=O) groups excluding carboxylic acids is 2. The Kier molecular flexibility index (Phi) is 12.6. The molecule has 0 aromatic heterocycles. The summed E-state index contributed by atoms with van der Waals surface area (Å²) in [6.45, 7) is 14.9. The van der Waals surface area contributed by atoms with E-state index in [-0.39, 0.29) is 30.9 Å². The lowest BCUT2D eigenvalue weighted by Crippen LogP contribution is -2.38. The second-order valence-electron chi connectivity index (χ2n) is 11.8. The summed E-state index contributed by atoms with van der Waals surface area (Å²) in [6, 6.07) is 22.8. The number of benzene rings is 3. The number of halogens is 1. The molecule has 0 unspecified atom stereocenters. The van der Waals surface area contributed by atoms with Crippen molar-refractivity contribution in [3.63, 3.8) is 0 Å². The van der Waals surface area contributed by atoms with E-state index in [0.717, 1.165) is 29.7 Å². The van der Waals surface area contributed by atoms with Crippen LogP contribution in [0.25, 0.3) is 0 Å². The van der Waals surface area contributed by atoms with Crippen molar-refractivity contribution >= 4 is 24.3 Å². The van der Waals surface area contributed by atoms with Crippen LogP contribution < -0.4 is 9.47 Å². The first kappa shape index (κ1) is 34.0. The van der Waals surface area contributed by atoms with Crippen LogP contribution in [0, 0.1) is 5.41 Å². The molecule has 0 radical (unpaired) electrons. The first-order chi connectivity index (χ1) is 18.9.